The molecule has 1 atom stereocenters. The third kappa shape index (κ3) is 2.66. The van der Waals surface area contributed by atoms with E-state index >= 15 is 0 Å². The number of imidazole rings is 1. The molecule has 3 rings (SSSR count). The van der Waals surface area contributed by atoms with Gasteiger partial charge < -0.3 is 4.90 Å². The van der Waals surface area contributed by atoms with Gasteiger partial charge in [0.1, 0.15) is 6.54 Å². The van der Waals surface area contributed by atoms with E-state index in [4.69, 9.17) is 0 Å². The van der Waals surface area contributed by atoms with Crippen molar-refractivity contribution in [2.75, 3.05) is 6.54 Å². The molecule has 1 saturated heterocycles. The van der Waals surface area contributed by atoms with Crippen molar-refractivity contribution in [3.05, 3.63) is 34.7 Å². The Morgan fingerprint density at radius 2 is 1.92 bits per heavy atom. The van der Waals surface area contributed by atoms with Crippen LogP contribution in [0.15, 0.2) is 29.1 Å². The first-order chi connectivity index (χ1) is 11.4. The molecule has 0 N–H and O–H groups in total. The van der Waals surface area contributed by atoms with Gasteiger partial charge in [0.05, 0.1) is 11.0 Å². The molecule has 0 spiro atoms. The zero-order chi connectivity index (χ0) is 17.5. The Morgan fingerprint density at radius 1 is 1.25 bits per heavy atom. The first-order valence-corrected chi connectivity index (χ1v) is 8.80. The molecule has 0 aliphatic carbocycles. The normalized spacial score (nSPS) is 18.5. The van der Waals surface area contributed by atoms with Crippen LogP contribution in [0.25, 0.3) is 11.0 Å². The predicted octanol–water partition coefficient (Wildman–Crippen LogP) is 2.77. The van der Waals surface area contributed by atoms with Crippen molar-refractivity contribution < 1.29 is 4.79 Å². The number of hydrogen-bond donors (Lipinski definition) is 0. The van der Waals surface area contributed by atoms with Gasteiger partial charge in [-0.3, -0.25) is 13.9 Å². The maximum atomic E-state index is 12.9. The number of para-hydroxylation sites is 2. The van der Waals surface area contributed by atoms with Gasteiger partial charge >= 0.3 is 5.69 Å². The van der Waals surface area contributed by atoms with Crippen LogP contribution in [0, 0.1) is 5.41 Å². The van der Waals surface area contributed by atoms with Gasteiger partial charge in [-0.1, -0.05) is 32.9 Å². The van der Waals surface area contributed by atoms with Gasteiger partial charge in [0.25, 0.3) is 0 Å². The number of hydrogen-bond acceptors (Lipinski definition) is 2. The van der Waals surface area contributed by atoms with Crippen molar-refractivity contribution >= 4 is 16.9 Å². The largest absolute Gasteiger partial charge is 0.338 e. The highest BCUT2D eigenvalue weighted by atomic mass is 16.2. The summed E-state index contributed by atoms with van der Waals surface area (Å²) in [6, 6.07) is 7.90. The van der Waals surface area contributed by atoms with Crippen LogP contribution in [0.2, 0.25) is 0 Å². The predicted molar refractivity (Wildman–Crippen MR) is 96.0 cm³/mol. The molecule has 1 aliphatic rings. The average molecular weight is 329 g/mol. The van der Waals surface area contributed by atoms with Crippen molar-refractivity contribution in [1.29, 1.82) is 0 Å². The number of nitrogens with zero attached hydrogens (tertiary/aromatic N) is 3. The van der Waals surface area contributed by atoms with E-state index in [1.165, 1.54) is 0 Å². The topological polar surface area (TPSA) is 47.2 Å². The van der Waals surface area contributed by atoms with Gasteiger partial charge in [0.15, 0.2) is 0 Å². The second-order valence-corrected chi connectivity index (χ2v) is 7.50. The Labute approximate surface area is 142 Å². The van der Waals surface area contributed by atoms with Gasteiger partial charge in [-0.05, 0) is 36.8 Å². The van der Waals surface area contributed by atoms with Crippen LogP contribution in [0.3, 0.4) is 0 Å². The standard InChI is InChI=1S/C19H27N3O2/c1-5-19(2,3)16-11-8-12-21(16)17(23)13-22-15-10-7-6-9-14(15)20(4)18(22)24/h6-7,9-10,16H,5,8,11-13H2,1-4H3. The summed E-state index contributed by atoms with van der Waals surface area (Å²) in [5, 5.41) is 0. The van der Waals surface area contributed by atoms with Crippen molar-refractivity contribution in [1.82, 2.24) is 14.0 Å². The third-order valence-corrected chi connectivity index (χ3v) is 5.73. The van der Waals surface area contributed by atoms with Crippen molar-refractivity contribution in [3.63, 3.8) is 0 Å². The van der Waals surface area contributed by atoms with Crippen LogP contribution in [-0.2, 0) is 18.4 Å². The first kappa shape index (κ1) is 16.8. The Morgan fingerprint density at radius 3 is 2.58 bits per heavy atom. The van der Waals surface area contributed by atoms with Gasteiger partial charge in [0, 0.05) is 19.6 Å². The number of rotatable bonds is 4. The smallest absolute Gasteiger partial charge is 0.329 e. The lowest BCUT2D eigenvalue weighted by molar-refractivity contribution is -0.134. The van der Waals surface area contributed by atoms with Crippen LogP contribution in [0.5, 0.6) is 0 Å². The van der Waals surface area contributed by atoms with Crippen molar-refractivity contribution in [3.8, 4) is 0 Å². The van der Waals surface area contributed by atoms with E-state index in [2.05, 4.69) is 20.8 Å². The number of fused-ring (bicyclic) bond motifs is 1. The number of benzene rings is 1. The number of carbonyl (C=O) groups excluding carboxylic acids is 1. The molecule has 0 radical (unpaired) electrons. The number of aryl methyl sites for hydroxylation is 1. The maximum absolute atomic E-state index is 12.9. The molecule has 1 fully saturated rings. The van der Waals surface area contributed by atoms with Gasteiger partial charge in [-0.15, -0.1) is 0 Å². The molecule has 130 valence electrons. The minimum atomic E-state index is -0.130. The monoisotopic (exact) mass is 329 g/mol. The van der Waals surface area contributed by atoms with Crippen LogP contribution in [0.4, 0.5) is 0 Å². The Bertz CT molecular complexity index is 816. The number of likely N-dealkylation sites (tertiary alicyclic amines) is 1. The minimum Gasteiger partial charge on any atom is -0.338 e. The average Bonchev–Trinajstić information content (AvgIpc) is 3.16. The van der Waals surface area contributed by atoms with E-state index in [0.29, 0.717) is 0 Å². The summed E-state index contributed by atoms with van der Waals surface area (Å²) in [5.41, 5.74) is 1.66. The maximum Gasteiger partial charge on any atom is 0.329 e. The molecular weight excluding hydrogens is 302 g/mol. The highest BCUT2D eigenvalue weighted by Crippen LogP contribution is 2.35. The molecule has 2 aromatic rings. The number of aromatic nitrogens is 2. The molecule has 1 aromatic heterocycles. The van der Waals surface area contributed by atoms with E-state index in [9.17, 15) is 9.59 Å². The second kappa shape index (κ2) is 6.11. The molecule has 0 saturated carbocycles. The first-order valence-electron chi connectivity index (χ1n) is 8.80. The van der Waals surface area contributed by atoms with Crippen molar-refractivity contribution in [2.24, 2.45) is 12.5 Å². The second-order valence-electron chi connectivity index (χ2n) is 7.50. The highest BCUT2D eigenvalue weighted by Gasteiger charge is 2.38. The van der Waals surface area contributed by atoms with Crippen LogP contribution >= 0.6 is 0 Å². The zero-order valence-electron chi connectivity index (χ0n) is 15.1. The lowest BCUT2D eigenvalue weighted by Crippen LogP contribution is -2.46. The minimum absolute atomic E-state index is 0.0532. The van der Waals surface area contributed by atoms with Crippen molar-refractivity contribution in [2.45, 2.75) is 52.6 Å². The quantitative estimate of drug-likeness (QED) is 0.866. The van der Waals surface area contributed by atoms with E-state index in [0.717, 1.165) is 36.8 Å². The molecule has 1 amide bonds. The molecule has 1 aliphatic heterocycles. The SMILES string of the molecule is CCC(C)(C)C1CCCN1C(=O)Cn1c(=O)n(C)c2ccccc21. The molecule has 5 nitrogen and oxygen atoms in total. The number of carbonyl (C=O) groups is 1. The fraction of sp³-hybridized carbons (Fsp3) is 0.579. The van der Waals surface area contributed by atoms with E-state index < -0.39 is 0 Å². The van der Waals surface area contributed by atoms with E-state index in [1.807, 2.05) is 29.2 Å². The van der Waals surface area contributed by atoms with Gasteiger partial charge in [-0.25, -0.2) is 4.79 Å². The summed E-state index contributed by atoms with van der Waals surface area (Å²) >= 11 is 0. The summed E-state index contributed by atoms with van der Waals surface area (Å²) in [6.45, 7) is 7.56. The molecular formula is C19H27N3O2. The van der Waals surface area contributed by atoms with Gasteiger partial charge in [0.2, 0.25) is 5.91 Å². The number of amides is 1. The summed E-state index contributed by atoms with van der Waals surface area (Å²) in [6.07, 6.45) is 3.14. The van der Waals surface area contributed by atoms with Gasteiger partial charge in [-0.2, -0.15) is 0 Å². The van der Waals surface area contributed by atoms with E-state index in [-0.39, 0.29) is 29.6 Å². The van der Waals surface area contributed by atoms with Crippen LogP contribution in [0.1, 0.15) is 40.0 Å². The van der Waals surface area contributed by atoms with Crippen LogP contribution in [-0.4, -0.2) is 32.5 Å². The summed E-state index contributed by atoms with van der Waals surface area (Å²) in [5.74, 6) is 0.0532. The fourth-order valence-electron chi connectivity index (χ4n) is 3.86. The molecule has 5 heteroatoms. The molecule has 2 heterocycles. The molecule has 24 heavy (non-hydrogen) atoms. The Hall–Kier alpha value is -2.04. The summed E-state index contributed by atoms with van der Waals surface area (Å²) in [4.78, 5) is 27.5. The third-order valence-electron chi connectivity index (χ3n) is 5.73. The summed E-state index contributed by atoms with van der Waals surface area (Å²) < 4.78 is 3.21. The Balaban J connectivity index is 1.91. The Kier molecular flexibility index (Phi) is 4.28. The fourth-order valence-corrected chi connectivity index (χ4v) is 3.86. The highest BCUT2D eigenvalue weighted by molar-refractivity contribution is 5.81. The lowest BCUT2D eigenvalue weighted by Gasteiger charge is -2.37. The van der Waals surface area contributed by atoms with Crippen LogP contribution < -0.4 is 5.69 Å². The summed E-state index contributed by atoms with van der Waals surface area (Å²) in [7, 11) is 1.75. The molecule has 0 bridgehead atoms. The lowest BCUT2D eigenvalue weighted by atomic mass is 9.80. The molecule has 1 aromatic carbocycles. The zero-order valence-corrected chi connectivity index (χ0v) is 15.1. The van der Waals surface area contributed by atoms with E-state index in [1.54, 1.807) is 16.2 Å². The molecule has 1 unspecified atom stereocenters.